The first-order chi connectivity index (χ1) is 12.1. The molecular formula is C19H29IN6. The van der Waals surface area contributed by atoms with Gasteiger partial charge in [0, 0.05) is 26.1 Å². The maximum absolute atomic E-state index is 4.36. The van der Waals surface area contributed by atoms with E-state index in [1.165, 1.54) is 36.8 Å². The van der Waals surface area contributed by atoms with Gasteiger partial charge in [-0.15, -0.1) is 24.0 Å². The molecule has 0 radical (unpaired) electrons. The van der Waals surface area contributed by atoms with Crippen LogP contribution in [0, 0.1) is 6.92 Å². The van der Waals surface area contributed by atoms with Crippen LogP contribution in [-0.2, 0) is 19.0 Å². The highest BCUT2D eigenvalue weighted by Gasteiger charge is 2.35. The Balaban J connectivity index is 0.00000243. The number of nitrogens with zero attached hydrogens (tertiary/aromatic N) is 4. The Morgan fingerprint density at radius 1 is 1.27 bits per heavy atom. The standard InChI is InChI=1S/C19H28N6.HI/c1-15-7-6-8-16(11-15)19(9-4-5-10-19)13-22-18(20-2)21-12-17-23-14-24-25(17)3;/h6-8,11,14H,4-5,9-10,12-13H2,1-3H3,(H2,20,21,22);1H. The van der Waals surface area contributed by atoms with E-state index in [1.807, 2.05) is 7.05 Å². The molecule has 0 spiro atoms. The van der Waals surface area contributed by atoms with Crippen molar-refractivity contribution in [1.82, 2.24) is 25.4 Å². The summed E-state index contributed by atoms with van der Waals surface area (Å²) in [6.45, 7) is 3.67. The molecule has 1 heterocycles. The molecule has 0 aliphatic heterocycles. The summed E-state index contributed by atoms with van der Waals surface area (Å²) in [5.41, 5.74) is 2.98. The number of benzene rings is 1. The summed E-state index contributed by atoms with van der Waals surface area (Å²) in [5, 5.41) is 11.0. The molecule has 1 aromatic carbocycles. The van der Waals surface area contributed by atoms with Crippen molar-refractivity contribution in [2.75, 3.05) is 13.6 Å². The van der Waals surface area contributed by atoms with E-state index in [-0.39, 0.29) is 29.4 Å². The molecule has 1 aliphatic rings. The highest BCUT2D eigenvalue weighted by atomic mass is 127. The lowest BCUT2D eigenvalue weighted by molar-refractivity contribution is 0.431. The number of halogens is 1. The lowest BCUT2D eigenvalue weighted by Crippen LogP contribution is -2.44. The predicted molar refractivity (Wildman–Crippen MR) is 116 cm³/mol. The van der Waals surface area contributed by atoms with Crippen LogP contribution < -0.4 is 10.6 Å². The van der Waals surface area contributed by atoms with Crippen molar-refractivity contribution < 1.29 is 0 Å². The molecule has 26 heavy (non-hydrogen) atoms. The van der Waals surface area contributed by atoms with Crippen LogP contribution >= 0.6 is 24.0 Å². The average Bonchev–Trinajstić information content (AvgIpc) is 3.25. The Morgan fingerprint density at radius 2 is 2.04 bits per heavy atom. The van der Waals surface area contributed by atoms with Crippen LogP contribution in [0.4, 0.5) is 0 Å². The van der Waals surface area contributed by atoms with Gasteiger partial charge in [-0.2, -0.15) is 5.10 Å². The maximum atomic E-state index is 4.36. The fourth-order valence-electron chi connectivity index (χ4n) is 3.71. The van der Waals surface area contributed by atoms with E-state index in [0.717, 1.165) is 18.3 Å². The summed E-state index contributed by atoms with van der Waals surface area (Å²) in [4.78, 5) is 8.59. The quantitative estimate of drug-likeness (QED) is 0.403. The third kappa shape index (κ3) is 4.75. The number of aromatic nitrogens is 3. The monoisotopic (exact) mass is 468 g/mol. The van der Waals surface area contributed by atoms with Crippen molar-refractivity contribution in [3.63, 3.8) is 0 Å². The van der Waals surface area contributed by atoms with Crippen molar-refractivity contribution >= 4 is 29.9 Å². The van der Waals surface area contributed by atoms with Crippen LogP contribution in [0.2, 0.25) is 0 Å². The zero-order chi connectivity index (χ0) is 17.7. The molecular weight excluding hydrogens is 439 g/mol. The largest absolute Gasteiger partial charge is 0.356 e. The van der Waals surface area contributed by atoms with Gasteiger partial charge in [-0.1, -0.05) is 42.7 Å². The van der Waals surface area contributed by atoms with Crippen LogP contribution in [0.5, 0.6) is 0 Å². The Hall–Kier alpha value is -1.64. The molecule has 0 atom stereocenters. The summed E-state index contributed by atoms with van der Waals surface area (Å²) >= 11 is 0. The summed E-state index contributed by atoms with van der Waals surface area (Å²) in [6.07, 6.45) is 6.60. The molecule has 1 aromatic heterocycles. The number of hydrogen-bond donors (Lipinski definition) is 2. The SMILES string of the molecule is CN=C(NCc1ncnn1C)NCC1(c2cccc(C)c2)CCCC1.I. The molecule has 0 bridgehead atoms. The van der Waals surface area contributed by atoms with Crippen molar-refractivity contribution in [2.45, 2.75) is 44.6 Å². The lowest BCUT2D eigenvalue weighted by atomic mass is 9.78. The van der Waals surface area contributed by atoms with E-state index in [4.69, 9.17) is 0 Å². The minimum atomic E-state index is 0. The Labute approximate surface area is 172 Å². The van der Waals surface area contributed by atoms with E-state index in [2.05, 4.69) is 56.9 Å². The lowest BCUT2D eigenvalue weighted by Gasteiger charge is -2.31. The molecule has 1 saturated carbocycles. The first-order valence-electron chi connectivity index (χ1n) is 8.97. The topological polar surface area (TPSA) is 67.1 Å². The summed E-state index contributed by atoms with van der Waals surface area (Å²) in [7, 11) is 3.70. The molecule has 142 valence electrons. The van der Waals surface area contributed by atoms with Gasteiger partial charge in [-0.25, -0.2) is 4.98 Å². The van der Waals surface area contributed by atoms with Crippen LogP contribution in [0.25, 0.3) is 0 Å². The minimum absolute atomic E-state index is 0. The molecule has 0 amide bonds. The Morgan fingerprint density at radius 3 is 2.65 bits per heavy atom. The molecule has 7 heteroatoms. The van der Waals surface area contributed by atoms with Crippen molar-refractivity contribution in [3.05, 3.63) is 47.5 Å². The number of nitrogens with one attached hydrogen (secondary N) is 2. The number of hydrogen-bond acceptors (Lipinski definition) is 3. The first-order valence-corrected chi connectivity index (χ1v) is 8.97. The van der Waals surface area contributed by atoms with E-state index in [9.17, 15) is 0 Å². The highest BCUT2D eigenvalue weighted by molar-refractivity contribution is 14.0. The van der Waals surface area contributed by atoms with Gasteiger partial charge in [0.25, 0.3) is 0 Å². The van der Waals surface area contributed by atoms with Gasteiger partial charge in [-0.3, -0.25) is 9.67 Å². The van der Waals surface area contributed by atoms with Crippen LogP contribution in [0.1, 0.15) is 42.6 Å². The summed E-state index contributed by atoms with van der Waals surface area (Å²) in [5.74, 6) is 1.69. The third-order valence-electron chi connectivity index (χ3n) is 5.23. The van der Waals surface area contributed by atoms with Crippen molar-refractivity contribution in [2.24, 2.45) is 12.0 Å². The zero-order valence-electron chi connectivity index (χ0n) is 15.8. The van der Waals surface area contributed by atoms with Gasteiger partial charge in [0.2, 0.25) is 0 Å². The van der Waals surface area contributed by atoms with Gasteiger partial charge in [0.15, 0.2) is 5.96 Å². The van der Waals surface area contributed by atoms with Crippen molar-refractivity contribution in [3.8, 4) is 0 Å². The normalized spacial score (nSPS) is 16.2. The first kappa shape index (κ1) is 20.7. The smallest absolute Gasteiger partial charge is 0.191 e. The second kappa shape index (κ2) is 9.34. The molecule has 2 aromatic rings. The van der Waals surface area contributed by atoms with Crippen molar-refractivity contribution in [1.29, 1.82) is 0 Å². The van der Waals surface area contributed by atoms with Crippen LogP contribution in [0.3, 0.4) is 0 Å². The summed E-state index contributed by atoms with van der Waals surface area (Å²) in [6, 6.07) is 8.95. The molecule has 3 rings (SSSR count). The maximum Gasteiger partial charge on any atom is 0.191 e. The molecule has 1 fully saturated rings. The van der Waals surface area contributed by atoms with Gasteiger partial charge in [0.05, 0.1) is 6.54 Å². The van der Waals surface area contributed by atoms with E-state index in [0.29, 0.717) is 6.54 Å². The van der Waals surface area contributed by atoms with Gasteiger partial charge >= 0.3 is 0 Å². The van der Waals surface area contributed by atoms with Crippen LogP contribution in [-0.4, -0.2) is 34.3 Å². The van der Waals surface area contributed by atoms with E-state index >= 15 is 0 Å². The van der Waals surface area contributed by atoms with Gasteiger partial charge in [-0.05, 0) is 25.3 Å². The number of rotatable bonds is 5. The number of aliphatic imine (C=N–C) groups is 1. The molecule has 6 nitrogen and oxygen atoms in total. The molecule has 2 N–H and O–H groups in total. The van der Waals surface area contributed by atoms with E-state index < -0.39 is 0 Å². The predicted octanol–water partition coefficient (Wildman–Crippen LogP) is 2.92. The third-order valence-corrected chi connectivity index (χ3v) is 5.23. The number of guanidine groups is 1. The highest BCUT2D eigenvalue weighted by Crippen LogP contribution is 2.40. The molecule has 0 saturated heterocycles. The van der Waals surface area contributed by atoms with Gasteiger partial charge in [0.1, 0.15) is 12.2 Å². The number of aryl methyl sites for hydroxylation is 2. The second-order valence-corrected chi connectivity index (χ2v) is 6.94. The molecule has 0 unspecified atom stereocenters. The minimum Gasteiger partial charge on any atom is -0.356 e. The van der Waals surface area contributed by atoms with Gasteiger partial charge < -0.3 is 10.6 Å². The fraction of sp³-hybridized carbons (Fsp3) is 0.526. The Kier molecular flexibility index (Phi) is 7.43. The van der Waals surface area contributed by atoms with Crippen LogP contribution in [0.15, 0.2) is 35.6 Å². The fourth-order valence-corrected chi connectivity index (χ4v) is 3.71. The second-order valence-electron chi connectivity index (χ2n) is 6.94. The Bertz CT molecular complexity index is 733. The molecule has 1 aliphatic carbocycles. The summed E-state index contributed by atoms with van der Waals surface area (Å²) < 4.78 is 1.77. The van der Waals surface area contributed by atoms with E-state index in [1.54, 1.807) is 18.1 Å². The zero-order valence-corrected chi connectivity index (χ0v) is 18.2. The average molecular weight is 468 g/mol.